The molecule has 3 nitrogen and oxygen atoms in total. The van der Waals surface area contributed by atoms with Gasteiger partial charge in [0.15, 0.2) is 0 Å². The van der Waals surface area contributed by atoms with E-state index in [-0.39, 0.29) is 0 Å². The molecule has 2 heterocycles. The summed E-state index contributed by atoms with van der Waals surface area (Å²) >= 11 is 0. The third kappa shape index (κ3) is 2.07. The highest BCUT2D eigenvalue weighted by molar-refractivity contribution is 5.24. The molecule has 15 heavy (non-hydrogen) atoms. The van der Waals surface area contributed by atoms with Gasteiger partial charge in [-0.25, -0.2) is 0 Å². The van der Waals surface area contributed by atoms with Gasteiger partial charge in [0, 0.05) is 13.1 Å². The number of aryl methyl sites for hydroxylation is 1. The van der Waals surface area contributed by atoms with Crippen molar-refractivity contribution in [1.82, 2.24) is 15.1 Å². The van der Waals surface area contributed by atoms with Gasteiger partial charge < -0.3 is 5.32 Å². The number of aromatic nitrogens is 2. The van der Waals surface area contributed by atoms with Gasteiger partial charge in [-0.15, -0.1) is 0 Å². The van der Waals surface area contributed by atoms with E-state index in [1.165, 1.54) is 30.5 Å². The summed E-state index contributed by atoms with van der Waals surface area (Å²) in [6.45, 7) is 5.63. The largest absolute Gasteiger partial charge is 0.309 e. The first kappa shape index (κ1) is 10.7. The Morgan fingerprint density at radius 2 is 2.27 bits per heavy atom. The van der Waals surface area contributed by atoms with Gasteiger partial charge in [-0.2, -0.15) is 5.10 Å². The van der Waals surface area contributed by atoms with Crippen LogP contribution in [0.5, 0.6) is 0 Å². The molecule has 1 fully saturated rings. The Labute approximate surface area is 91.9 Å². The molecule has 84 valence electrons. The summed E-state index contributed by atoms with van der Waals surface area (Å²) in [5.74, 6) is 0.567. The summed E-state index contributed by atoms with van der Waals surface area (Å²) in [5.41, 5.74) is 2.79. The molecule has 1 aliphatic heterocycles. The monoisotopic (exact) mass is 207 g/mol. The van der Waals surface area contributed by atoms with Crippen molar-refractivity contribution in [2.75, 3.05) is 6.54 Å². The van der Waals surface area contributed by atoms with E-state index in [9.17, 15) is 0 Å². The van der Waals surface area contributed by atoms with Gasteiger partial charge in [-0.1, -0.05) is 20.3 Å². The quantitative estimate of drug-likeness (QED) is 0.806. The number of piperidine rings is 1. The Morgan fingerprint density at radius 1 is 1.47 bits per heavy atom. The predicted molar refractivity (Wildman–Crippen MR) is 61.9 cm³/mol. The molecule has 0 amide bonds. The van der Waals surface area contributed by atoms with Crippen molar-refractivity contribution in [3.63, 3.8) is 0 Å². The van der Waals surface area contributed by atoms with Crippen LogP contribution in [0.1, 0.15) is 56.3 Å². The summed E-state index contributed by atoms with van der Waals surface area (Å²) in [6.07, 6.45) is 5.92. The fourth-order valence-electron chi connectivity index (χ4n) is 2.42. The van der Waals surface area contributed by atoms with Crippen LogP contribution in [0.4, 0.5) is 0 Å². The van der Waals surface area contributed by atoms with Crippen molar-refractivity contribution in [3.8, 4) is 0 Å². The molecule has 1 N–H and O–H groups in total. The lowest BCUT2D eigenvalue weighted by Gasteiger charge is -2.25. The molecule has 2 rings (SSSR count). The fourth-order valence-corrected chi connectivity index (χ4v) is 2.42. The highest BCUT2D eigenvalue weighted by Crippen LogP contribution is 2.29. The Morgan fingerprint density at radius 3 is 2.87 bits per heavy atom. The smallest absolute Gasteiger partial charge is 0.0584 e. The summed E-state index contributed by atoms with van der Waals surface area (Å²) in [4.78, 5) is 0. The predicted octanol–water partition coefficient (Wildman–Crippen LogP) is 2.36. The van der Waals surface area contributed by atoms with Crippen molar-refractivity contribution in [2.24, 2.45) is 7.05 Å². The Hall–Kier alpha value is -0.830. The highest BCUT2D eigenvalue weighted by atomic mass is 15.3. The zero-order valence-corrected chi connectivity index (χ0v) is 9.95. The van der Waals surface area contributed by atoms with E-state index >= 15 is 0 Å². The zero-order chi connectivity index (χ0) is 10.8. The van der Waals surface area contributed by atoms with Crippen molar-refractivity contribution in [3.05, 3.63) is 17.5 Å². The lowest BCUT2D eigenvalue weighted by molar-refractivity contribution is 0.391. The van der Waals surface area contributed by atoms with Crippen LogP contribution in [-0.4, -0.2) is 16.3 Å². The van der Waals surface area contributed by atoms with E-state index < -0.39 is 0 Å². The molecule has 0 radical (unpaired) electrons. The van der Waals surface area contributed by atoms with Crippen LogP contribution in [0.2, 0.25) is 0 Å². The molecule has 0 bridgehead atoms. The normalized spacial score (nSPS) is 22.3. The topological polar surface area (TPSA) is 29.9 Å². The molecule has 1 saturated heterocycles. The third-order valence-electron chi connectivity index (χ3n) is 3.28. The zero-order valence-electron chi connectivity index (χ0n) is 9.95. The molecular formula is C12H21N3. The summed E-state index contributed by atoms with van der Waals surface area (Å²) in [7, 11) is 2.05. The Balaban J connectivity index is 2.28. The van der Waals surface area contributed by atoms with E-state index in [0.29, 0.717) is 12.0 Å². The lowest BCUT2D eigenvalue weighted by Crippen LogP contribution is -2.29. The fraction of sp³-hybridized carbons (Fsp3) is 0.750. The number of hydrogen-bond donors (Lipinski definition) is 1. The molecule has 1 aromatic rings. The van der Waals surface area contributed by atoms with Crippen LogP contribution in [0.3, 0.4) is 0 Å². The van der Waals surface area contributed by atoms with Crippen LogP contribution in [0.25, 0.3) is 0 Å². The van der Waals surface area contributed by atoms with Gasteiger partial charge in [-0.3, -0.25) is 4.68 Å². The average Bonchev–Trinajstić information content (AvgIpc) is 2.61. The van der Waals surface area contributed by atoms with Gasteiger partial charge in [0.1, 0.15) is 0 Å². The van der Waals surface area contributed by atoms with E-state index in [1.54, 1.807) is 0 Å². The average molecular weight is 207 g/mol. The van der Waals surface area contributed by atoms with Gasteiger partial charge in [0.05, 0.1) is 11.9 Å². The summed E-state index contributed by atoms with van der Waals surface area (Å²) in [5, 5.41) is 7.99. The van der Waals surface area contributed by atoms with E-state index in [4.69, 9.17) is 0 Å². The first-order valence-electron chi connectivity index (χ1n) is 5.95. The highest BCUT2D eigenvalue weighted by Gasteiger charge is 2.22. The van der Waals surface area contributed by atoms with Gasteiger partial charge in [0.25, 0.3) is 0 Å². The van der Waals surface area contributed by atoms with Gasteiger partial charge in [0.2, 0.25) is 0 Å². The van der Waals surface area contributed by atoms with Crippen LogP contribution in [0.15, 0.2) is 6.20 Å². The van der Waals surface area contributed by atoms with Gasteiger partial charge in [-0.05, 0) is 30.9 Å². The van der Waals surface area contributed by atoms with E-state index in [1.807, 2.05) is 10.9 Å². The van der Waals surface area contributed by atoms with Gasteiger partial charge >= 0.3 is 0 Å². The molecule has 1 unspecified atom stereocenters. The standard InChI is InChI=1S/C12H21N3/c1-9(2)10-8-14-15(3)12(10)11-6-4-5-7-13-11/h8-9,11,13H,4-7H2,1-3H3. The molecule has 0 aliphatic carbocycles. The Kier molecular flexibility index (Phi) is 3.10. The van der Waals surface area contributed by atoms with Crippen LogP contribution in [-0.2, 0) is 7.05 Å². The first-order chi connectivity index (χ1) is 7.20. The Bertz CT molecular complexity index is 322. The maximum absolute atomic E-state index is 4.39. The third-order valence-corrected chi connectivity index (χ3v) is 3.28. The maximum atomic E-state index is 4.39. The van der Waals surface area contributed by atoms with E-state index in [0.717, 1.165) is 6.54 Å². The van der Waals surface area contributed by atoms with E-state index in [2.05, 4.69) is 31.3 Å². The number of nitrogens with zero attached hydrogens (tertiary/aromatic N) is 2. The number of hydrogen-bond acceptors (Lipinski definition) is 2. The second kappa shape index (κ2) is 4.35. The summed E-state index contributed by atoms with van der Waals surface area (Å²) < 4.78 is 2.04. The molecule has 1 aliphatic rings. The maximum Gasteiger partial charge on any atom is 0.0584 e. The van der Waals surface area contributed by atoms with Crippen LogP contribution < -0.4 is 5.32 Å². The molecular weight excluding hydrogens is 186 g/mol. The molecule has 0 spiro atoms. The molecule has 0 aromatic carbocycles. The van der Waals surface area contributed by atoms with Crippen LogP contribution >= 0.6 is 0 Å². The minimum atomic E-state index is 0.517. The second-order valence-corrected chi connectivity index (χ2v) is 4.77. The van der Waals surface area contributed by atoms with Crippen molar-refractivity contribution >= 4 is 0 Å². The minimum Gasteiger partial charge on any atom is -0.309 e. The number of rotatable bonds is 2. The van der Waals surface area contributed by atoms with Crippen molar-refractivity contribution in [2.45, 2.75) is 45.1 Å². The molecule has 1 aromatic heterocycles. The molecule has 0 saturated carbocycles. The minimum absolute atomic E-state index is 0.517. The van der Waals surface area contributed by atoms with Crippen LogP contribution in [0, 0.1) is 0 Å². The first-order valence-corrected chi connectivity index (χ1v) is 5.95. The SMILES string of the molecule is CC(C)c1cnn(C)c1C1CCCCN1. The lowest BCUT2D eigenvalue weighted by atomic mass is 9.95. The number of nitrogens with one attached hydrogen (secondary N) is 1. The second-order valence-electron chi connectivity index (χ2n) is 4.77. The molecule has 1 atom stereocenters. The summed E-state index contributed by atoms with van der Waals surface area (Å²) in [6, 6.07) is 0.517. The van der Waals surface area contributed by atoms with Crippen molar-refractivity contribution in [1.29, 1.82) is 0 Å². The van der Waals surface area contributed by atoms with Crippen molar-refractivity contribution < 1.29 is 0 Å². The molecule has 3 heteroatoms.